The summed E-state index contributed by atoms with van der Waals surface area (Å²) >= 11 is 0. The fourth-order valence-corrected chi connectivity index (χ4v) is 1.64. The molecular weight excluding hydrogens is 256 g/mol. The van der Waals surface area contributed by atoms with Crippen LogP contribution in [0.4, 0.5) is 5.69 Å². The van der Waals surface area contributed by atoms with E-state index in [0.717, 1.165) is 11.3 Å². The number of ether oxygens (including phenoxy) is 1. The summed E-state index contributed by atoms with van der Waals surface area (Å²) in [4.78, 5) is 15.0. The van der Waals surface area contributed by atoms with Crippen LogP contribution >= 0.6 is 0 Å². The number of nitrogens with zero attached hydrogens (tertiary/aromatic N) is 1. The number of aliphatic imine (C=N–C) groups is 1. The Labute approximate surface area is 116 Å². The van der Waals surface area contributed by atoms with Gasteiger partial charge in [-0.05, 0) is 48.5 Å². The van der Waals surface area contributed by atoms with Crippen molar-refractivity contribution in [3.05, 3.63) is 59.7 Å². The molecule has 102 valence electrons. The molecule has 0 aliphatic heterocycles. The van der Waals surface area contributed by atoms with Crippen LogP contribution < -0.4 is 10.5 Å². The van der Waals surface area contributed by atoms with Crippen LogP contribution in [0.1, 0.15) is 15.9 Å². The first-order valence-electron chi connectivity index (χ1n) is 5.92. The molecule has 2 aromatic carbocycles. The lowest BCUT2D eigenvalue weighted by Crippen LogP contribution is -2.12. The Bertz CT molecular complexity index is 631. The normalized spacial score (nSPS) is 11.2. The molecule has 0 heterocycles. The van der Waals surface area contributed by atoms with E-state index in [4.69, 9.17) is 15.6 Å². The molecule has 5 heteroatoms. The first-order valence-corrected chi connectivity index (χ1v) is 5.92. The zero-order valence-electron chi connectivity index (χ0n) is 10.9. The van der Waals surface area contributed by atoms with Crippen molar-refractivity contribution in [2.75, 3.05) is 7.11 Å². The van der Waals surface area contributed by atoms with Crippen molar-refractivity contribution < 1.29 is 14.6 Å². The Morgan fingerprint density at radius 1 is 1.05 bits per heavy atom. The predicted molar refractivity (Wildman–Crippen MR) is 76.8 cm³/mol. The molecule has 0 aromatic heterocycles. The highest BCUT2D eigenvalue weighted by Gasteiger charge is 2.03. The molecule has 5 nitrogen and oxygen atoms in total. The van der Waals surface area contributed by atoms with Crippen molar-refractivity contribution in [1.29, 1.82) is 0 Å². The minimum Gasteiger partial charge on any atom is -0.497 e. The average molecular weight is 270 g/mol. The van der Waals surface area contributed by atoms with Crippen LogP contribution in [-0.2, 0) is 0 Å². The molecule has 0 unspecified atom stereocenters. The van der Waals surface area contributed by atoms with Crippen LogP contribution in [0.5, 0.6) is 5.75 Å². The minimum absolute atomic E-state index is 0.215. The molecule has 2 aromatic rings. The van der Waals surface area contributed by atoms with Gasteiger partial charge in [0.05, 0.1) is 18.4 Å². The molecule has 2 rings (SSSR count). The molecule has 0 radical (unpaired) electrons. The largest absolute Gasteiger partial charge is 0.497 e. The summed E-state index contributed by atoms with van der Waals surface area (Å²) < 4.78 is 5.07. The van der Waals surface area contributed by atoms with Crippen molar-refractivity contribution in [2.24, 2.45) is 10.7 Å². The number of carboxylic acids is 1. The maximum atomic E-state index is 10.7. The highest BCUT2D eigenvalue weighted by molar-refractivity contribution is 5.99. The van der Waals surface area contributed by atoms with Gasteiger partial charge in [-0.3, -0.25) is 0 Å². The fraction of sp³-hybridized carbons (Fsp3) is 0.0667. The van der Waals surface area contributed by atoms with E-state index in [-0.39, 0.29) is 5.56 Å². The number of methoxy groups -OCH3 is 1. The third-order valence-corrected chi connectivity index (χ3v) is 2.75. The number of benzene rings is 2. The summed E-state index contributed by atoms with van der Waals surface area (Å²) in [7, 11) is 1.59. The van der Waals surface area contributed by atoms with E-state index in [9.17, 15) is 4.79 Å². The SMILES string of the molecule is COc1ccc(C(N)=Nc2ccc(C(=O)O)cc2)cc1. The smallest absolute Gasteiger partial charge is 0.335 e. The van der Waals surface area contributed by atoms with E-state index < -0.39 is 5.97 Å². The molecule has 0 saturated carbocycles. The van der Waals surface area contributed by atoms with E-state index in [0.29, 0.717) is 11.5 Å². The topological polar surface area (TPSA) is 84.9 Å². The average Bonchev–Trinajstić information content (AvgIpc) is 2.48. The summed E-state index contributed by atoms with van der Waals surface area (Å²) in [6, 6.07) is 13.4. The van der Waals surface area contributed by atoms with E-state index in [1.807, 2.05) is 12.1 Å². The van der Waals surface area contributed by atoms with Gasteiger partial charge < -0.3 is 15.6 Å². The number of hydrogen-bond donors (Lipinski definition) is 2. The van der Waals surface area contributed by atoms with Crippen LogP contribution in [0.15, 0.2) is 53.5 Å². The first-order chi connectivity index (χ1) is 9.60. The summed E-state index contributed by atoms with van der Waals surface area (Å²) in [6.07, 6.45) is 0. The first kappa shape index (κ1) is 13.6. The van der Waals surface area contributed by atoms with Crippen LogP contribution in [-0.4, -0.2) is 24.0 Å². The highest BCUT2D eigenvalue weighted by atomic mass is 16.5. The van der Waals surface area contributed by atoms with Gasteiger partial charge in [0, 0.05) is 5.56 Å². The maximum Gasteiger partial charge on any atom is 0.335 e. The summed E-state index contributed by atoms with van der Waals surface area (Å²) in [5.41, 5.74) is 7.50. The van der Waals surface area contributed by atoms with E-state index in [1.54, 1.807) is 31.4 Å². The lowest BCUT2D eigenvalue weighted by molar-refractivity contribution is 0.0697. The lowest BCUT2D eigenvalue weighted by atomic mass is 10.2. The van der Waals surface area contributed by atoms with Gasteiger partial charge in [0.2, 0.25) is 0 Å². The van der Waals surface area contributed by atoms with Gasteiger partial charge in [0.15, 0.2) is 0 Å². The monoisotopic (exact) mass is 270 g/mol. The molecule has 0 saturated heterocycles. The number of amidine groups is 1. The number of nitrogens with two attached hydrogens (primary N) is 1. The van der Waals surface area contributed by atoms with Crippen molar-refractivity contribution in [3.63, 3.8) is 0 Å². The van der Waals surface area contributed by atoms with Gasteiger partial charge in [0.25, 0.3) is 0 Å². The zero-order chi connectivity index (χ0) is 14.5. The van der Waals surface area contributed by atoms with E-state index in [1.165, 1.54) is 12.1 Å². The Kier molecular flexibility index (Phi) is 4.00. The second-order valence-corrected chi connectivity index (χ2v) is 4.08. The number of aromatic carboxylic acids is 1. The molecule has 0 amide bonds. The maximum absolute atomic E-state index is 10.7. The fourth-order valence-electron chi connectivity index (χ4n) is 1.64. The van der Waals surface area contributed by atoms with E-state index in [2.05, 4.69) is 4.99 Å². The van der Waals surface area contributed by atoms with Crippen molar-refractivity contribution in [2.45, 2.75) is 0 Å². The molecule has 0 aliphatic rings. The molecule has 0 fully saturated rings. The molecular formula is C15H14N2O3. The molecule has 20 heavy (non-hydrogen) atoms. The third-order valence-electron chi connectivity index (χ3n) is 2.75. The van der Waals surface area contributed by atoms with Crippen LogP contribution in [0.25, 0.3) is 0 Å². The van der Waals surface area contributed by atoms with E-state index >= 15 is 0 Å². The number of carboxylic acid groups (broad SMARTS) is 1. The van der Waals surface area contributed by atoms with Gasteiger partial charge in [0.1, 0.15) is 11.6 Å². The van der Waals surface area contributed by atoms with Gasteiger partial charge in [-0.1, -0.05) is 0 Å². The number of rotatable bonds is 4. The standard InChI is InChI=1S/C15H14N2O3/c1-20-13-8-4-10(5-9-13)14(16)17-12-6-2-11(3-7-12)15(18)19/h2-9H,1H3,(H2,16,17)(H,18,19). The lowest BCUT2D eigenvalue weighted by Gasteiger charge is -2.03. The zero-order valence-corrected chi connectivity index (χ0v) is 10.9. The van der Waals surface area contributed by atoms with Crippen LogP contribution in [0.3, 0.4) is 0 Å². The van der Waals surface area contributed by atoms with Crippen molar-refractivity contribution >= 4 is 17.5 Å². The van der Waals surface area contributed by atoms with Crippen molar-refractivity contribution in [3.8, 4) is 5.75 Å². The Morgan fingerprint density at radius 2 is 1.60 bits per heavy atom. The van der Waals surface area contributed by atoms with Gasteiger partial charge in [-0.2, -0.15) is 0 Å². The Hall–Kier alpha value is -2.82. The molecule has 0 spiro atoms. The summed E-state index contributed by atoms with van der Waals surface area (Å²) in [5, 5.41) is 8.81. The van der Waals surface area contributed by atoms with Gasteiger partial charge in [-0.15, -0.1) is 0 Å². The highest BCUT2D eigenvalue weighted by Crippen LogP contribution is 2.16. The second kappa shape index (κ2) is 5.88. The predicted octanol–water partition coefficient (Wildman–Crippen LogP) is 2.43. The summed E-state index contributed by atoms with van der Waals surface area (Å²) in [5.74, 6) is 0.131. The van der Waals surface area contributed by atoms with Crippen LogP contribution in [0.2, 0.25) is 0 Å². The van der Waals surface area contributed by atoms with Crippen molar-refractivity contribution in [1.82, 2.24) is 0 Å². The number of carbonyl (C=O) groups is 1. The van der Waals surface area contributed by atoms with Gasteiger partial charge >= 0.3 is 5.97 Å². The molecule has 0 atom stereocenters. The minimum atomic E-state index is -0.969. The Balaban J connectivity index is 2.22. The second-order valence-electron chi connectivity index (χ2n) is 4.08. The van der Waals surface area contributed by atoms with Crippen LogP contribution in [0, 0.1) is 0 Å². The molecule has 0 bridgehead atoms. The molecule has 3 N–H and O–H groups in total. The molecule has 0 aliphatic carbocycles. The number of hydrogen-bond acceptors (Lipinski definition) is 3. The quantitative estimate of drug-likeness (QED) is 0.660. The summed E-state index contributed by atoms with van der Waals surface area (Å²) in [6.45, 7) is 0. The Morgan fingerprint density at radius 3 is 2.10 bits per heavy atom. The van der Waals surface area contributed by atoms with Gasteiger partial charge in [-0.25, -0.2) is 9.79 Å². The third kappa shape index (κ3) is 3.14.